The maximum Gasteiger partial charge on any atom is 0.252 e. The second-order valence-corrected chi connectivity index (χ2v) is 6.93. The number of carbonyl (C=O) groups excluding carboxylic acids is 3. The Hall–Kier alpha value is -2.57. The van der Waals surface area contributed by atoms with Crippen molar-refractivity contribution < 1.29 is 23.9 Å². The lowest BCUT2D eigenvalue weighted by atomic mass is 10.0. The lowest BCUT2D eigenvalue weighted by molar-refractivity contribution is -0.149. The van der Waals surface area contributed by atoms with Gasteiger partial charge in [0.15, 0.2) is 11.5 Å². The van der Waals surface area contributed by atoms with Crippen molar-refractivity contribution in [2.75, 3.05) is 13.7 Å². The van der Waals surface area contributed by atoms with Gasteiger partial charge in [-0.1, -0.05) is 0 Å². The third-order valence-corrected chi connectivity index (χ3v) is 5.16. The molecule has 0 unspecified atom stereocenters. The third-order valence-electron chi connectivity index (χ3n) is 5.16. The van der Waals surface area contributed by atoms with Crippen molar-refractivity contribution in [3.8, 4) is 11.5 Å². The van der Waals surface area contributed by atoms with Crippen molar-refractivity contribution >= 4 is 17.7 Å². The number of likely N-dealkylation sites (tertiary alicyclic amines) is 1. The van der Waals surface area contributed by atoms with E-state index in [9.17, 15) is 14.4 Å². The highest BCUT2D eigenvalue weighted by atomic mass is 16.5. The van der Waals surface area contributed by atoms with E-state index < -0.39 is 6.04 Å². The van der Waals surface area contributed by atoms with E-state index in [1.165, 1.54) is 4.90 Å². The molecule has 0 bridgehead atoms. The van der Waals surface area contributed by atoms with Gasteiger partial charge in [-0.2, -0.15) is 0 Å². The molecule has 1 atom stereocenters. The molecule has 1 heterocycles. The van der Waals surface area contributed by atoms with Crippen LogP contribution in [0.3, 0.4) is 0 Å². The van der Waals surface area contributed by atoms with Crippen molar-refractivity contribution in [2.45, 2.75) is 57.6 Å². The molecule has 0 radical (unpaired) electrons. The van der Waals surface area contributed by atoms with Gasteiger partial charge in [0.2, 0.25) is 5.91 Å². The lowest BCUT2D eigenvalue weighted by Gasteiger charge is -2.30. The minimum absolute atomic E-state index is 0.140. The number of piperidine rings is 1. The fraction of sp³-hybridized carbons (Fsp3) is 0.550. The first kappa shape index (κ1) is 19.2. The van der Waals surface area contributed by atoms with Crippen molar-refractivity contribution in [3.63, 3.8) is 0 Å². The number of benzene rings is 1. The normalized spacial score (nSPS) is 20.7. The summed E-state index contributed by atoms with van der Waals surface area (Å²) in [7, 11) is 1.56. The van der Waals surface area contributed by atoms with E-state index in [-0.39, 0.29) is 30.2 Å². The highest BCUT2D eigenvalue weighted by Gasteiger charge is 2.34. The number of imide groups is 1. The van der Waals surface area contributed by atoms with Crippen molar-refractivity contribution in [3.05, 3.63) is 23.8 Å². The average molecular weight is 374 g/mol. The molecule has 1 aromatic carbocycles. The number of rotatable bonds is 6. The Labute approximate surface area is 159 Å². The van der Waals surface area contributed by atoms with Gasteiger partial charge in [0, 0.05) is 18.5 Å². The summed E-state index contributed by atoms with van der Waals surface area (Å²) >= 11 is 0. The molecule has 1 aliphatic carbocycles. The van der Waals surface area contributed by atoms with Crippen LogP contribution in [0.25, 0.3) is 0 Å². The lowest BCUT2D eigenvalue weighted by Crippen LogP contribution is -2.54. The van der Waals surface area contributed by atoms with Crippen molar-refractivity contribution in [1.29, 1.82) is 0 Å². The molecule has 1 saturated heterocycles. The topological polar surface area (TPSA) is 84.9 Å². The van der Waals surface area contributed by atoms with Gasteiger partial charge in [0.05, 0.1) is 13.2 Å². The first-order valence-corrected chi connectivity index (χ1v) is 9.53. The third kappa shape index (κ3) is 4.23. The summed E-state index contributed by atoms with van der Waals surface area (Å²) in [5.74, 6) is 0.216. The number of hydrogen-bond acceptors (Lipinski definition) is 5. The second kappa shape index (κ2) is 8.41. The standard InChI is InChI=1S/C20H26N2O5/c1-3-22-18(23)11-9-15(20(22)25)21-19(24)13-8-10-16(26-2)17(12-13)27-14-6-4-5-7-14/h8,10,12,14-15H,3-7,9,11H2,1-2H3,(H,21,24)/t15-/m0/s1. The maximum atomic E-state index is 12.7. The molecule has 7 nitrogen and oxygen atoms in total. The largest absolute Gasteiger partial charge is 0.493 e. The molecule has 1 N–H and O–H groups in total. The fourth-order valence-corrected chi connectivity index (χ4v) is 3.64. The SMILES string of the molecule is CCN1C(=O)CC[C@H](NC(=O)c2ccc(OC)c(OC3CCCC3)c2)C1=O. The van der Waals surface area contributed by atoms with Crippen LogP contribution in [-0.4, -0.2) is 48.4 Å². The zero-order valence-electron chi connectivity index (χ0n) is 15.8. The predicted molar refractivity (Wildman–Crippen MR) is 98.8 cm³/mol. The van der Waals surface area contributed by atoms with Gasteiger partial charge in [0.25, 0.3) is 11.8 Å². The zero-order chi connectivity index (χ0) is 19.4. The van der Waals surface area contributed by atoms with E-state index >= 15 is 0 Å². The molecular formula is C20H26N2O5. The van der Waals surface area contributed by atoms with E-state index in [4.69, 9.17) is 9.47 Å². The van der Waals surface area contributed by atoms with Crippen LogP contribution in [0.15, 0.2) is 18.2 Å². The van der Waals surface area contributed by atoms with E-state index in [0.717, 1.165) is 25.7 Å². The molecule has 146 valence electrons. The molecule has 0 aromatic heterocycles. The number of methoxy groups -OCH3 is 1. The second-order valence-electron chi connectivity index (χ2n) is 6.93. The van der Waals surface area contributed by atoms with E-state index in [2.05, 4.69) is 5.32 Å². The Kier molecular flexibility index (Phi) is 5.98. The van der Waals surface area contributed by atoms with Gasteiger partial charge in [-0.05, 0) is 57.2 Å². The van der Waals surface area contributed by atoms with E-state index in [0.29, 0.717) is 30.0 Å². The van der Waals surface area contributed by atoms with Gasteiger partial charge in [-0.25, -0.2) is 0 Å². The molecule has 2 aliphatic rings. The highest BCUT2D eigenvalue weighted by Crippen LogP contribution is 2.32. The number of carbonyl (C=O) groups is 3. The molecule has 2 fully saturated rings. The molecule has 0 spiro atoms. The molecule has 1 aliphatic heterocycles. The summed E-state index contributed by atoms with van der Waals surface area (Å²) in [5, 5.41) is 2.75. The fourth-order valence-electron chi connectivity index (χ4n) is 3.64. The van der Waals surface area contributed by atoms with Gasteiger partial charge in [-0.3, -0.25) is 19.3 Å². The number of amides is 3. The van der Waals surface area contributed by atoms with Gasteiger partial charge >= 0.3 is 0 Å². The van der Waals surface area contributed by atoms with Crippen molar-refractivity contribution in [2.24, 2.45) is 0 Å². The number of nitrogens with one attached hydrogen (secondary N) is 1. The van der Waals surface area contributed by atoms with Crippen LogP contribution in [0.5, 0.6) is 11.5 Å². The Morgan fingerprint density at radius 3 is 2.59 bits per heavy atom. The summed E-state index contributed by atoms with van der Waals surface area (Å²) in [6.07, 6.45) is 4.99. The van der Waals surface area contributed by atoms with Crippen LogP contribution in [-0.2, 0) is 9.59 Å². The van der Waals surface area contributed by atoms with Crippen LogP contribution in [0, 0.1) is 0 Å². The summed E-state index contributed by atoms with van der Waals surface area (Å²) in [6, 6.07) is 4.31. The number of likely N-dealkylation sites (N-methyl/N-ethyl adjacent to an activating group) is 1. The first-order chi connectivity index (χ1) is 13.0. The van der Waals surface area contributed by atoms with Crippen LogP contribution in [0.4, 0.5) is 0 Å². The summed E-state index contributed by atoms with van der Waals surface area (Å²) < 4.78 is 11.4. The Balaban J connectivity index is 1.72. The summed E-state index contributed by atoms with van der Waals surface area (Å²) in [4.78, 5) is 38.0. The summed E-state index contributed by atoms with van der Waals surface area (Å²) in [6.45, 7) is 2.06. The quantitative estimate of drug-likeness (QED) is 0.772. The van der Waals surface area contributed by atoms with Crippen LogP contribution in [0.2, 0.25) is 0 Å². The minimum Gasteiger partial charge on any atom is -0.493 e. The Morgan fingerprint density at radius 2 is 1.93 bits per heavy atom. The van der Waals surface area contributed by atoms with Crippen molar-refractivity contribution in [1.82, 2.24) is 10.2 Å². The molecule has 3 rings (SSSR count). The summed E-state index contributed by atoms with van der Waals surface area (Å²) in [5.41, 5.74) is 0.400. The van der Waals surface area contributed by atoms with Crippen LogP contribution in [0.1, 0.15) is 55.8 Å². The minimum atomic E-state index is -0.684. The molecule has 1 saturated carbocycles. The molecular weight excluding hydrogens is 348 g/mol. The average Bonchev–Trinajstić information content (AvgIpc) is 3.17. The maximum absolute atomic E-state index is 12.7. The van der Waals surface area contributed by atoms with Gasteiger partial charge in [-0.15, -0.1) is 0 Å². The Bertz CT molecular complexity index is 727. The van der Waals surface area contributed by atoms with E-state index in [1.807, 2.05) is 0 Å². The van der Waals surface area contributed by atoms with Crippen LogP contribution < -0.4 is 14.8 Å². The number of ether oxygens (including phenoxy) is 2. The molecule has 3 amide bonds. The molecule has 7 heteroatoms. The number of nitrogens with zero attached hydrogens (tertiary/aromatic N) is 1. The van der Waals surface area contributed by atoms with E-state index in [1.54, 1.807) is 32.2 Å². The van der Waals surface area contributed by atoms with Crippen LogP contribution >= 0.6 is 0 Å². The smallest absolute Gasteiger partial charge is 0.252 e. The molecule has 1 aromatic rings. The van der Waals surface area contributed by atoms with Gasteiger partial charge < -0.3 is 14.8 Å². The number of hydrogen-bond donors (Lipinski definition) is 1. The van der Waals surface area contributed by atoms with Gasteiger partial charge in [0.1, 0.15) is 6.04 Å². The Morgan fingerprint density at radius 1 is 1.19 bits per heavy atom. The monoisotopic (exact) mass is 374 g/mol. The zero-order valence-corrected chi connectivity index (χ0v) is 15.8. The highest BCUT2D eigenvalue weighted by molar-refractivity contribution is 6.04. The first-order valence-electron chi connectivity index (χ1n) is 9.53. The predicted octanol–water partition coefficient (Wildman–Crippen LogP) is 2.28. The molecule has 27 heavy (non-hydrogen) atoms.